The number of ketones is 1. The Morgan fingerprint density at radius 3 is 2.75 bits per heavy atom. The second-order valence-electron chi connectivity index (χ2n) is 5.18. The second kappa shape index (κ2) is 5.55. The zero-order valence-corrected chi connectivity index (χ0v) is 11.1. The van der Waals surface area contributed by atoms with Crippen LogP contribution < -0.4 is 5.32 Å². The summed E-state index contributed by atoms with van der Waals surface area (Å²) in [5.74, 6) is -0.178. The van der Waals surface area contributed by atoms with Crippen LogP contribution >= 0.6 is 0 Å². The molecule has 0 fully saturated rings. The lowest BCUT2D eigenvalue weighted by Crippen LogP contribution is -2.42. The van der Waals surface area contributed by atoms with Crippen molar-refractivity contribution >= 4 is 5.78 Å². The van der Waals surface area contributed by atoms with Crippen molar-refractivity contribution in [2.75, 3.05) is 0 Å². The summed E-state index contributed by atoms with van der Waals surface area (Å²) in [6, 6.07) is 14.2. The van der Waals surface area contributed by atoms with Crippen LogP contribution in [-0.2, 0) is 24.2 Å². The smallest absolute Gasteiger partial charge is 0.154 e. The van der Waals surface area contributed by atoms with Crippen molar-refractivity contribution in [3.63, 3.8) is 0 Å². The Balaban J connectivity index is 1.70. The van der Waals surface area contributed by atoms with Crippen LogP contribution in [0, 0.1) is 5.82 Å². The Morgan fingerprint density at radius 2 is 1.95 bits per heavy atom. The van der Waals surface area contributed by atoms with Crippen molar-refractivity contribution in [3.8, 4) is 0 Å². The fourth-order valence-electron chi connectivity index (χ4n) is 2.65. The van der Waals surface area contributed by atoms with Gasteiger partial charge in [-0.25, -0.2) is 4.39 Å². The van der Waals surface area contributed by atoms with Crippen LogP contribution in [0.5, 0.6) is 0 Å². The van der Waals surface area contributed by atoms with Gasteiger partial charge in [0.05, 0.1) is 6.04 Å². The predicted octanol–water partition coefficient (Wildman–Crippen LogP) is 2.65. The minimum Gasteiger partial charge on any atom is -0.303 e. The lowest BCUT2D eigenvalue weighted by atomic mass is 9.91. The van der Waals surface area contributed by atoms with Crippen LogP contribution in [0.3, 0.4) is 0 Å². The fraction of sp³-hybridized carbons (Fsp3) is 0.235. The Morgan fingerprint density at radius 1 is 1.15 bits per heavy atom. The number of carbonyl (C=O) groups excluding carboxylic acids is 1. The highest BCUT2D eigenvalue weighted by molar-refractivity contribution is 5.86. The molecule has 1 atom stereocenters. The number of hydrogen-bond donors (Lipinski definition) is 1. The summed E-state index contributed by atoms with van der Waals surface area (Å²) >= 11 is 0. The normalized spacial score (nSPS) is 17.6. The largest absolute Gasteiger partial charge is 0.303 e. The number of hydrogen-bond acceptors (Lipinski definition) is 2. The molecule has 1 aliphatic rings. The Labute approximate surface area is 117 Å². The molecule has 1 heterocycles. The van der Waals surface area contributed by atoms with Gasteiger partial charge in [-0.05, 0) is 35.2 Å². The van der Waals surface area contributed by atoms with Crippen molar-refractivity contribution in [3.05, 3.63) is 71.0 Å². The van der Waals surface area contributed by atoms with Gasteiger partial charge in [0.15, 0.2) is 5.78 Å². The van der Waals surface area contributed by atoms with Gasteiger partial charge in [0, 0.05) is 13.0 Å². The van der Waals surface area contributed by atoms with E-state index in [0.717, 1.165) is 12.1 Å². The Kier molecular flexibility index (Phi) is 3.61. The third kappa shape index (κ3) is 2.78. The molecule has 1 unspecified atom stereocenters. The van der Waals surface area contributed by atoms with Gasteiger partial charge in [0.2, 0.25) is 0 Å². The summed E-state index contributed by atoms with van der Waals surface area (Å²) in [6.45, 7) is 0.718. The lowest BCUT2D eigenvalue weighted by molar-refractivity contribution is -0.120. The van der Waals surface area contributed by atoms with E-state index < -0.39 is 0 Å². The third-order valence-electron chi connectivity index (χ3n) is 3.74. The molecule has 2 nitrogen and oxygen atoms in total. The van der Waals surface area contributed by atoms with Crippen molar-refractivity contribution < 1.29 is 9.18 Å². The molecule has 0 amide bonds. The zero-order chi connectivity index (χ0) is 13.9. The highest BCUT2D eigenvalue weighted by Gasteiger charge is 2.23. The molecular weight excluding hydrogens is 253 g/mol. The van der Waals surface area contributed by atoms with Crippen molar-refractivity contribution in [2.45, 2.75) is 25.4 Å². The summed E-state index contributed by atoms with van der Waals surface area (Å²) < 4.78 is 13.1. The van der Waals surface area contributed by atoms with E-state index in [9.17, 15) is 9.18 Å². The highest BCUT2D eigenvalue weighted by Crippen LogP contribution is 2.17. The van der Waals surface area contributed by atoms with E-state index in [0.29, 0.717) is 6.42 Å². The van der Waals surface area contributed by atoms with E-state index in [4.69, 9.17) is 0 Å². The molecule has 3 rings (SSSR count). The van der Waals surface area contributed by atoms with Crippen LogP contribution in [-0.4, -0.2) is 11.8 Å². The fourth-order valence-corrected chi connectivity index (χ4v) is 2.65. The van der Waals surface area contributed by atoms with Crippen molar-refractivity contribution in [1.82, 2.24) is 5.32 Å². The lowest BCUT2D eigenvalue weighted by Gasteiger charge is -2.25. The first kappa shape index (κ1) is 13.0. The van der Waals surface area contributed by atoms with Crippen LogP contribution in [0.25, 0.3) is 0 Å². The average Bonchev–Trinajstić information content (AvgIpc) is 2.47. The Hall–Kier alpha value is -2.00. The van der Waals surface area contributed by atoms with Crippen LogP contribution in [0.15, 0.2) is 48.5 Å². The first-order valence-corrected chi connectivity index (χ1v) is 6.80. The van der Waals surface area contributed by atoms with E-state index in [1.54, 1.807) is 12.1 Å². The summed E-state index contributed by atoms with van der Waals surface area (Å²) in [5.41, 5.74) is 3.21. The van der Waals surface area contributed by atoms with Gasteiger partial charge in [-0.1, -0.05) is 36.4 Å². The molecule has 0 aliphatic carbocycles. The van der Waals surface area contributed by atoms with Gasteiger partial charge < -0.3 is 5.32 Å². The van der Waals surface area contributed by atoms with Crippen LogP contribution in [0.4, 0.5) is 4.39 Å². The molecule has 1 aliphatic heterocycles. The number of benzene rings is 2. The standard InChI is InChI=1S/C17H16FNO/c18-15-7-3-4-12(8-15)9-17(20)16-10-13-5-1-2-6-14(13)11-19-16/h1-8,16,19H,9-11H2. The van der Waals surface area contributed by atoms with Crippen molar-refractivity contribution in [1.29, 1.82) is 0 Å². The molecule has 20 heavy (non-hydrogen) atoms. The van der Waals surface area contributed by atoms with Gasteiger partial charge in [0.25, 0.3) is 0 Å². The van der Waals surface area contributed by atoms with E-state index >= 15 is 0 Å². The number of Topliss-reactive ketones (excluding diaryl/α,β-unsaturated/α-hetero) is 1. The number of rotatable bonds is 3. The maximum Gasteiger partial charge on any atom is 0.154 e. The zero-order valence-electron chi connectivity index (χ0n) is 11.1. The van der Waals surface area contributed by atoms with E-state index in [2.05, 4.69) is 17.4 Å². The molecule has 0 bridgehead atoms. The minimum absolute atomic E-state index is 0.116. The molecule has 2 aromatic carbocycles. The number of nitrogens with one attached hydrogen (secondary N) is 1. The summed E-state index contributed by atoms with van der Waals surface area (Å²) in [5, 5.41) is 3.27. The molecule has 3 heteroatoms. The average molecular weight is 269 g/mol. The summed E-state index contributed by atoms with van der Waals surface area (Å²) in [6.07, 6.45) is 0.988. The van der Waals surface area contributed by atoms with Gasteiger partial charge >= 0.3 is 0 Å². The molecule has 2 aromatic rings. The number of carbonyl (C=O) groups is 1. The maximum atomic E-state index is 13.1. The number of halogens is 1. The van der Waals surface area contributed by atoms with Crippen molar-refractivity contribution in [2.24, 2.45) is 0 Å². The third-order valence-corrected chi connectivity index (χ3v) is 3.74. The number of fused-ring (bicyclic) bond motifs is 1. The molecule has 0 aromatic heterocycles. The summed E-state index contributed by atoms with van der Waals surface area (Å²) in [4.78, 5) is 12.3. The monoisotopic (exact) mass is 269 g/mol. The molecule has 0 saturated carbocycles. The van der Waals surface area contributed by atoms with Gasteiger partial charge in [-0.2, -0.15) is 0 Å². The van der Waals surface area contributed by atoms with Crippen LogP contribution in [0.1, 0.15) is 16.7 Å². The van der Waals surface area contributed by atoms with E-state index in [1.807, 2.05) is 12.1 Å². The molecule has 0 saturated heterocycles. The molecule has 1 N–H and O–H groups in total. The first-order chi connectivity index (χ1) is 9.72. The predicted molar refractivity (Wildman–Crippen MR) is 75.9 cm³/mol. The molecular formula is C17H16FNO. The highest BCUT2D eigenvalue weighted by atomic mass is 19.1. The van der Waals surface area contributed by atoms with E-state index in [1.165, 1.54) is 23.3 Å². The first-order valence-electron chi connectivity index (χ1n) is 6.80. The molecule has 0 radical (unpaired) electrons. The maximum absolute atomic E-state index is 13.1. The van der Waals surface area contributed by atoms with Crippen LogP contribution in [0.2, 0.25) is 0 Å². The molecule has 102 valence electrons. The van der Waals surface area contributed by atoms with E-state index in [-0.39, 0.29) is 24.1 Å². The summed E-state index contributed by atoms with van der Waals surface area (Å²) in [7, 11) is 0. The van der Waals surface area contributed by atoms with Gasteiger partial charge in [-0.3, -0.25) is 4.79 Å². The van der Waals surface area contributed by atoms with Gasteiger partial charge in [-0.15, -0.1) is 0 Å². The van der Waals surface area contributed by atoms with Gasteiger partial charge in [0.1, 0.15) is 5.82 Å². The Bertz CT molecular complexity index is 638. The quantitative estimate of drug-likeness (QED) is 0.928. The molecule has 0 spiro atoms. The minimum atomic E-state index is -0.294. The second-order valence-corrected chi connectivity index (χ2v) is 5.18. The topological polar surface area (TPSA) is 29.1 Å². The SMILES string of the molecule is O=C(Cc1cccc(F)c1)C1Cc2ccccc2CN1.